The largest absolute Gasteiger partial charge is 0.459 e. The monoisotopic (exact) mass is 535 g/mol. The zero-order chi connectivity index (χ0) is 28.3. The number of carbonyl (C=O) groups excluding carboxylic acids is 2. The van der Waals surface area contributed by atoms with E-state index >= 15 is 0 Å². The number of fused-ring (bicyclic) bond motifs is 1. The molecule has 1 amide bonds. The minimum absolute atomic E-state index is 0.154. The molecule has 2 aromatic carbocycles. The van der Waals surface area contributed by atoms with Gasteiger partial charge in [-0.15, -0.1) is 0 Å². The molecule has 0 spiro atoms. The molecule has 212 valence electrons. The van der Waals surface area contributed by atoms with Crippen LogP contribution in [-0.2, 0) is 34.3 Å². The number of aromatic nitrogens is 2. The highest BCUT2D eigenvalue weighted by atomic mass is 16.6. The highest BCUT2D eigenvalue weighted by Gasteiger charge is 2.34. The molecule has 39 heavy (non-hydrogen) atoms. The second-order valence-corrected chi connectivity index (χ2v) is 11.2. The summed E-state index contributed by atoms with van der Waals surface area (Å²) in [5.74, 6) is 0.440. The highest BCUT2D eigenvalue weighted by Crippen LogP contribution is 2.21. The number of ether oxygens (including phenoxy) is 2. The van der Waals surface area contributed by atoms with Gasteiger partial charge in [-0.2, -0.15) is 0 Å². The van der Waals surface area contributed by atoms with Crippen molar-refractivity contribution in [3.8, 4) is 0 Å². The first kappa shape index (κ1) is 30.2. The van der Waals surface area contributed by atoms with Crippen molar-refractivity contribution in [1.82, 2.24) is 14.5 Å². The van der Waals surface area contributed by atoms with Crippen LogP contribution < -0.4 is 0 Å². The van der Waals surface area contributed by atoms with Crippen LogP contribution in [-0.4, -0.2) is 44.7 Å². The topological polar surface area (TPSA) is 73.7 Å². The maximum atomic E-state index is 13.6. The first-order valence-electron chi connectivity index (χ1n) is 14.3. The van der Waals surface area contributed by atoms with Crippen LogP contribution in [0.5, 0.6) is 0 Å². The minimum atomic E-state index is -0.779. The molecular formula is C32H45N3O4. The Labute approximate surface area is 233 Å². The van der Waals surface area contributed by atoms with E-state index < -0.39 is 23.7 Å². The van der Waals surface area contributed by atoms with E-state index in [4.69, 9.17) is 14.5 Å². The first-order chi connectivity index (χ1) is 18.7. The fourth-order valence-corrected chi connectivity index (χ4v) is 4.67. The lowest BCUT2D eigenvalue weighted by atomic mass is 10.1. The molecule has 0 aliphatic heterocycles. The summed E-state index contributed by atoms with van der Waals surface area (Å²) < 4.78 is 13.6. The molecular weight excluding hydrogens is 490 g/mol. The Morgan fingerprint density at radius 1 is 0.949 bits per heavy atom. The van der Waals surface area contributed by atoms with Gasteiger partial charge >= 0.3 is 12.1 Å². The lowest BCUT2D eigenvalue weighted by Crippen LogP contribution is -2.48. The van der Waals surface area contributed by atoms with Gasteiger partial charge in [0.25, 0.3) is 0 Å². The number of nitrogens with zero attached hydrogens (tertiary/aromatic N) is 3. The third-order valence-electron chi connectivity index (χ3n) is 6.77. The maximum Gasteiger partial charge on any atom is 0.411 e. The maximum absolute atomic E-state index is 13.6. The number of aryl methyl sites for hydroxylation is 2. The summed E-state index contributed by atoms with van der Waals surface area (Å²) >= 11 is 0. The SMILES string of the molecule is CCCCCCCCN(C(=O)OC(C)(C)C)[C@@H](CCc1nc2ccccc2n1C)C(=O)OCc1ccccc1. The molecule has 1 heterocycles. The molecule has 3 aromatic rings. The van der Waals surface area contributed by atoms with Crippen molar-refractivity contribution in [2.45, 2.75) is 97.3 Å². The van der Waals surface area contributed by atoms with Gasteiger partial charge < -0.3 is 14.0 Å². The van der Waals surface area contributed by atoms with Crippen molar-refractivity contribution < 1.29 is 19.1 Å². The molecule has 0 fully saturated rings. The molecule has 0 saturated carbocycles. The number of carbonyl (C=O) groups is 2. The fourth-order valence-electron chi connectivity index (χ4n) is 4.67. The number of para-hydroxylation sites is 2. The molecule has 7 nitrogen and oxygen atoms in total. The second-order valence-electron chi connectivity index (χ2n) is 11.2. The predicted octanol–water partition coefficient (Wildman–Crippen LogP) is 7.22. The van der Waals surface area contributed by atoms with Crippen LogP contribution in [0.4, 0.5) is 4.79 Å². The van der Waals surface area contributed by atoms with E-state index in [-0.39, 0.29) is 6.61 Å². The Kier molecular flexibility index (Phi) is 11.4. The minimum Gasteiger partial charge on any atom is -0.459 e. The van der Waals surface area contributed by atoms with Crippen molar-refractivity contribution in [1.29, 1.82) is 0 Å². The Bertz CT molecular complexity index is 1180. The number of esters is 1. The van der Waals surface area contributed by atoms with Gasteiger partial charge in [0, 0.05) is 20.0 Å². The van der Waals surface area contributed by atoms with E-state index in [1.807, 2.05) is 87.0 Å². The molecule has 0 saturated heterocycles. The van der Waals surface area contributed by atoms with E-state index in [2.05, 4.69) is 6.92 Å². The number of rotatable bonds is 14. The summed E-state index contributed by atoms with van der Waals surface area (Å²) in [6, 6.07) is 16.8. The highest BCUT2D eigenvalue weighted by molar-refractivity contribution is 5.81. The molecule has 0 aliphatic carbocycles. The summed E-state index contributed by atoms with van der Waals surface area (Å²) in [6.45, 7) is 8.32. The number of benzene rings is 2. The van der Waals surface area contributed by atoms with Crippen molar-refractivity contribution in [3.63, 3.8) is 0 Å². The molecule has 0 unspecified atom stereocenters. The van der Waals surface area contributed by atoms with E-state index in [0.29, 0.717) is 19.4 Å². The lowest BCUT2D eigenvalue weighted by molar-refractivity contribution is -0.151. The van der Waals surface area contributed by atoms with E-state index in [0.717, 1.165) is 41.7 Å². The third kappa shape index (κ3) is 9.41. The number of unbranched alkanes of at least 4 members (excludes halogenated alkanes) is 5. The molecule has 1 aromatic heterocycles. The van der Waals surface area contributed by atoms with Crippen molar-refractivity contribution >= 4 is 23.1 Å². The van der Waals surface area contributed by atoms with Crippen molar-refractivity contribution in [2.75, 3.05) is 6.54 Å². The summed E-state index contributed by atoms with van der Waals surface area (Å²) in [6.07, 6.45) is 6.91. The average molecular weight is 536 g/mol. The number of imidazole rings is 1. The first-order valence-corrected chi connectivity index (χ1v) is 14.3. The zero-order valence-corrected chi connectivity index (χ0v) is 24.3. The Morgan fingerprint density at radius 2 is 1.62 bits per heavy atom. The van der Waals surface area contributed by atoms with E-state index in [1.54, 1.807) is 4.90 Å². The summed E-state index contributed by atoms with van der Waals surface area (Å²) in [4.78, 5) is 33.4. The molecule has 3 rings (SSSR count). The van der Waals surface area contributed by atoms with Crippen LogP contribution >= 0.6 is 0 Å². The number of hydrogen-bond acceptors (Lipinski definition) is 5. The molecule has 0 aliphatic rings. The van der Waals surface area contributed by atoms with Crippen molar-refractivity contribution in [2.24, 2.45) is 7.05 Å². The van der Waals surface area contributed by atoms with Gasteiger partial charge in [-0.3, -0.25) is 4.90 Å². The van der Waals surface area contributed by atoms with Crippen LogP contribution in [0.2, 0.25) is 0 Å². The molecule has 0 bridgehead atoms. The van der Waals surface area contributed by atoms with Crippen LogP contribution in [0.15, 0.2) is 54.6 Å². The van der Waals surface area contributed by atoms with Gasteiger partial charge in [-0.1, -0.05) is 81.5 Å². The summed E-state index contributed by atoms with van der Waals surface area (Å²) in [5.41, 5.74) is 2.17. The predicted molar refractivity (Wildman–Crippen MR) is 155 cm³/mol. The second kappa shape index (κ2) is 14.7. The standard InChI is InChI=1S/C32H45N3O4/c1-6-7-8-9-10-16-23-35(31(37)39-32(2,3)4)28(30(36)38-24-25-17-12-11-13-18-25)21-22-29-33-26-19-14-15-20-27(26)34(29)5/h11-15,17-20,28H,6-10,16,21-24H2,1-5H3/t28-/m0/s1. The van der Waals surface area contributed by atoms with E-state index in [1.165, 1.54) is 19.3 Å². The Balaban J connectivity index is 1.81. The van der Waals surface area contributed by atoms with Crippen molar-refractivity contribution in [3.05, 3.63) is 66.0 Å². The summed E-state index contributed by atoms with van der Waals surface area (Å²) in [5, 5.41) is 0. The van der Waals surface area contributed by atoms with Gasteiger partial charge in [0.2, 0.25) is 0 Å². The molecule has 0 N–H and O–H groups in total. The molecule has 7 heteroatoms. The van der Waals surface area contributed by atoms with Crippen LogP contribution in [0, 0.1) is 0 Å². The molecule has 0 radical (unpaired) electrons. The van der Waals surface area contributed by atoms with Crippen LogP contribution in [0.3, 0.4) is 0 Å². The zero-order valence-electron chi connectivity index (χ0n) is 24.3. The third-order valence-corrected chi connectivity index (χ3v) is 6.77. The number of amides is 1. The number of hydrogen-bond donors (Lipinski definition) is 0. The molecule has 1 atom stereocenters. The van der Waals surface area contributed by atoms with Crippen LogP contribution in [0.1, 0.15) is 84.0 Å². The van der Waals surface area contributed by atoms with Gasteiger partial charge in [0.15, 0.2) is 0 Å². The van der Waals surface area contributed by atoms with Gasteiger partial charge in [-0.25, -0.2) is 14.6 Å². The van der Waals surface area contributed by atoms with Gasteiger partial charge in [0.05, 0.1) is 11.0 Å². The summed E-state index contributed by atoms with van der Waals surface area (Å²) in [7, 11) is 1.98. The Morgan fingerprint density at radius 3 is 2.31 bits per heavy atom. The fraction of sp³-hybridized carbons (Fsp3) is 0.531. The average Bonchev–Trinajstić information content (AvgIpc) is 3.23. The lowest BCUT2D eigenvalue weighted by Gasteiger charge is -2.32. The Hall–Kier alpha value is -3.35. The van der Waals surface area contributed by atoms with Crippen LogP contribution in [0.25, 0.3) is 11.0 Å². The normalized spacial score (nSPS) is 12.3. The van der Waals surface area contributed by atoms with Gasteiger partial charge in [0.1, 0.15) is 24.1 Å². The van der Waals surface area contributed by atoms with E-state index in [9.17, 15) is 9.59 Å². The quantitative estimate of drug-likeness (QED) is 0.161. The van der Waals surface area contributed by atoms with Gasteiger partial charge in [-0.05, 0) is 51.3 Å². The smallest absolute Gasteiger partial charge is 0.411 e.